The number of rotatable bonds is 8. The van der Waals surface area contributed by atoms with Crippen molar-refractivity contribution in [2.45, 2.75) is 45.8 Å². The van der Waals surface area contributed by atoms with Crippen LogP contribution in [-0.2, 0) is 29.4 Å². The third kappa shape index (κ3) is 5.27. The Kier molecular flexibility index (Phi) is 6.87. The third-order valence-corrected chi connectivity index (χ3v) is 8.30. The first-order valence-corrected chi connectivity index (χ1v) is 13.4. The second-order valence-electron chi connectivity index (χ2n) is 8.62. The molecule has 1 atom stereocenters. The first-order chi connectivity index (χ1) is 15.5. The van der Waals surface area contributed by atoms with E-state index in [4.69, 9.17) is 5.73 Å². The van der Waals surface area contributed by atoms with Gasteiger partial charge in [0.15, 0.2) is 17.0 Å². The van der Waals surface area contributed by atoms with Crippen molar-refractivity contribution in [3.63, 3.8) is 0 Å². The molecular formula is C21H25F2IN6O2S. The number of nitrogens with two attached hydrogens (primary N) is 1. The number of aromatic nitrogens is 4. The van der Waals surface area contributed by atoms with Gasteiger partial charge in [0.1, 0.15) is 12.0 Å². The number of alkyl halides is 1. The molecule has 33 heavy (non-hydrogen) atoms. The van der Waals surface area contributed by atoms with Crippen LogP contribution in [-0.4, -0.2) is 40.2 Å². The van der Waals surface area contributed by atoms with Crippen LogP contribution < -0.4 is 10.5 Å². The molecule has 1 aliphatic carbocycles. The lowest BCUT2D eigenvalue weighted by atomic mass is 10.0. The van der Waals surface area contributed by atoms with Crippen LogP contribution in [0.4, 0.5) is 14.6 Å². The van der Waals surface area contributed by atoms with Crippen LogP contribution in [0.25, 0.3) is 11.2 Å². The summed E-state index contributed by atoms with van der Waals surface area (Å²) in [5.41, 5.74) is 8.90. The molecule has 0 saturated carbocycles. The molecule has 4 rings (SSSR count). The van der Waals surface area contributed by atoms with Crippen LogP contribution in [0.1, 0.15) is 49.0 Å². The van der Waals surface area contributed by atoms with Crippen molar-refractivity contribution >= 4 is 49.6 Å². The van der Waals surface area contributed by atoms with Crippen molar-refractivity contribution in [1.82, 2.24) is 24.2 Å². The molecule has 0 radical (unpaired) electrons. The summed E-state index contributed by atoms with van der Waals surface area (Å²) in [6, 6.07) is 3.85. The smallest absolute Gasteiger partial charge is 0.312 e. The molecule has 2 heterocycles. The summed E-state index contributed by atoms with van der Waals surface area (Å²) in [6.07, 6.45) is -0.447. The quantitative estimate of drug-likeness (QED) is 0.308. The van der Waals surface area contributed by atoms with Crippen LogP contribution in [0.3, 0.4) is 0 Å². The summed E-state index contributed by atoms with van der Waals surface area (Å²) >= 11 is 2.22. The molecule has 8 nitrogen and oxygen atoms in total. The number of halogens is 3. The highest BCUT2D eigenvalue weighted by Crippen LogP contribution is 2.36. The van der Waals surface area contributed by atoms with Gasteiger partial charge in [-0.25, -0.2) is 22.5 Å². The topological polar surface area (TPSA) is 116 Å². The number of nitrogens with zero attached hydrogens (tertiary/aromatic N) is 4. The highest BCUT2D eigenvalue weighted by Gasteiger charge is 2.25. The molecule has 1 unspecified atom stereocenters. The van der Waals surface area contributed by atoms with Gasteiger partial charge in [0, 0.05) is 23.1 Å². The van der Waals surface area contributed by atoms with E-state index in [9.17, 15) is 17.2 Å². The van der Waals surface area contributed by atoms with E-state index in [0.29, 0.717) is 30.7 Å². The number of sulfonamides is 1. The van der Waals surface area contributed by atoms with Crippen molar-refractivity contribution in [3.8, 4) is 0 Å². The van der Waals surface area contributed by atoms with Gasteiger partial charge in [-0.15, -0.1) is 0 Å². The Bertz CT molecular complexity index is 1310. The number of anilines is 1. The van der Waals surface area contributed by atoms with E-state index >= 15 is 0 Å². The summed E-state index contributed by atoms with van der Waals surface area (Å²) in [5.74, 6) is 0.415. The zero-order valence-corrected chi connectivity index (χ0v) is 21.3. The van der Waals surface area contributed by atoms with Crippen molar-refractivity contribution < 1.29 is 17.2 Å². The molecule has 3 aromatic rings. The summed E-state index contributed by atoms with van der Waals surface area (Å²) in [5, 5.41) is 0. The molecule has 178 valence electrons. The number of hydrogen-bond donors (Lipinski definition) is 2. The minimum atomic E-state index is -3.45. The fraction of sp³-hybridized carbons (Fsp3) is 0.476. The number of fused-ring (bicyclic) bond motifs is 2. The van der Waals surface area contributed by atoms with Crippen molar-refractivity contribution in [2.24, 2.45) is 5.92 Å². The average molecular weight is 590 g/mol. The molecule has 0 bridgehead atoms. The summed E-state index contributed by atoms with van der Waals surface area (Å²) in [4.78, 5) is 11.9. The molecule has 0 amide bonds. The first-order valence-electron chi connectivity index (χ1n) is 10.6. The maximum atomic E-state index is 14.3. The van der Waals surface area contributed by atoms with Crippen molar-refractivity contribution in [1.29, 1.82) is 0 Å². The molecule has 3 N–H and O–H groups in total. The van der Waals surface area contributed by atoms with Gasteiger partial charge >= 0.3 is 6.08 Å². The summed E-state index contributed by atoms with van der Waals surface area (Å²) < 4.78 is 57.9. The lowest BCUT2D eigenvalue weighted by molar-refractivity contribution is 0.343. The lowest BCUT2D eigenvalue weighted by Crippen LogP contribution is -2.31. The van der Waals surface area contributed by atoms with Gasteiger partial charge < -0.3 is 10.3 Å². The lowest BCUT2D eigenvalue weighted by Gasteiger charge is -2.13. The Morgan fingerprint density at radius 3 is 2.79 bits per heavy atom. The number of nitrogens with one attached hydrogen (secondary N) is 1. The van der Waals surface area contributed by atoms with Gasteiger partial charge in [-0.3, -0.25) is 0 Å². The van der Waals surface area contributed by atoms with Gasteiger partial charge in [0.2, 0.25) is 10.0 Å². The maximum Gasteiger partial charge on any atom is 0.312 e. The molecule has 0 fully saturated rings. The van der Waals surface area contributed by atoms with Gasteiger partial charge in [-0.05, 0) is 64.1 Å². The van der Waals surface area contributed by atoms with Crippen molar-refractivity contribution in [3.05, 3.63) is 44.3 Å². The highest BCUT2D eigenvalue weighted by atomic mass is 127. The Labute approximate surface area is 204 Å². The predicted molar refractivity (Wildman–Crippen MR) is 130 cm³/mol. The van der Waals surface area contributed by atoms with E-state index < -0.39 is 22.3 Å². The van der Waals surface area contributed by atoms with Crippen LogP contribution in [0.2, 0.25) is 0 Å². The number of hydrogen-bond acceptors (Lipinski definition) is 6. The van der Waals surface area contributed by atoms with E-state index in [0.717, 1.165) is 14.7 Å². The monoisotopic (exact) mass is 590 g/mol. The molecule has 0 saturated heterocycles. The van der Waals surface area contributed by atoms with E-state index in [1.807, 2.05) is 26.0 Å². The molecule has 0 aliphatic heterocycles. The van der Waals surface area contributed by atoms with Crippen LogP contribution in [0.15, 0.2) is 12.1 Å². The van der Waals surface area contributed by atoms with Crippen molar-refractivity contribution in [2.75, 3.05) is 18.0 Å². The van der Waals surface area contributed by atoms with E-state index in [-0.39, 0.29) is 41.7 Å². The fourth-order valence-electron chi connectivity index (χ4n) is 4.15. The summed E-state index contributed by atoms with van der Waals surface area (Å²) in [6.45, 7) is 3.89. The van der Waals surface area contributed by atoms with Gasteiger partial charge in [0.25, 0.3) is 0 Å². The minimum absolute atomic E-state index is 0.00595. The number of benzene rings is 1. The second-order valence-corrected chi connectivity index (χ2v) is 11.6. The van der Waals surface area contributed by atoms with E-state index in [2.05, 4.69) is 42.3 Å². The number of aryl methyl sites for hydroxylation is 1. The first kappa shape index (κ1) is 24.2. The Morgan fingerprint density at radius 1 is 1.30 bits per heavy atom. The molecule has 1 aliphatic rings. The van der Waals surface area contributed by atoms with Gasteiger partial charge in [-0.1, -0.05) is 19.9 Å². The van der Waals surface area contributed by atoms with Crippen LogP contribution in [0, 0.1) is 15.6 Å². The van der Waals surface area contributed by atoms with E-state index in [1.54, 1.807) is 4.57 Å². The molecule has 1 aromatic carbocycles. The standard InChI is InChI=1S/C21H25F2IN6O2S/c1-11(2)10-33(31,32)26-5-6-30-17(27-18-19(25)28-21(23)29-20(18)30)9-13-7-14-12(8-16(13)24)3-4-15(14)22/h7-8,11,15,26H,3-6,9-10H2,1-2H3,(H2,25,28,29). The fourth-order valence-corrected chi connectivity index (χ4v) is 6.27. The largest absolute Gasteiger partial charge is 0.382 e. The summed E-state index contributed by atoms with van der Waals surface area (Å²) in [7, 11) is -3.45. The number of nitrogen functional groups attached to an aromatic ring is 1. The molecular weight excluding hydrogens is 565 g/mol. The Balaban J connectivity index is 1.68. The third-order valence-electron chi connectivity index (χ3n) is 5.54. The van der Waals surface area contributed by atoms with E-state index in [1.165, 1.54) is 0 Å². The second kappa shape index (κ2) is 9.37. The van der Waals surface area contributed by atoms with Gasteiger partial charge in [0.05, 0.1) is 5.75 Å². The normalized spacial score (nSPS) is 16.1. The minimum Gasteiger partial charge on any atom is -0.382 e. The molecule has 12 heteroatoms. The number of imidazole rings is 1. The Hall–Kier alpha value is -1.93. The predicted octanol–water partition coefficient (Wildman–Crippen LogP) is 3.28. The Morgan fingerprint density at radius 2 is 2.06 bits per heavy atom. The SMILES string of the molecule is CC(C)CS(=O)(=O)NCCn1c(Cc2cc3c(cc2I)CCC3F)nc2c(N)nc(F)nc21. The highest BCUT2D eigenvalue weighted by molar-refractivity contribution is 14.1. The molecule has 2 aromatic heterocycles. The maximum absolute atomic E-state index is 14.3. The zero-order valence-electron chi connectivity index (χ0n) is 18.3. The van der Waals surface area contributed by atoms with Crippen LogP contribution in [0.5, 0.6) is 0 Å². The zero-order chi connectivity index (χ0) is 23.9. The van der Waals surface area contributed by atoms with Crippen LogP contribution >= 0.6 is 22.6 Å². The molecule has 0 spiro atoms. The van der Waals surface area contributed by atoms with Gasteiger partial charge in [-0.2, -0.15) is 14.4 Å². The average Bonchev–Trinajstić information content (AvgIpc) is 3.22.